The number of aromatic nitrogens is 1. The molecule has 0 radical (unpaired) electrons. The SMILES string of the molecule is CCCCCOc1c(N(C)C(=O)OC(C)(C)C)n(CC(C)C)c(=O)c2cc(Cl)c(Cl)cc12. The second-order valence-electron chi connectivity index (χ2n) is 9.37. The molecule has 1 aromatic heterocycles. The number of fused-ring (bicyclic) bond motifs is 1. The predicted molar refractivity (Wildman–Crippen MR) is 133 cm³/mol. The van der Waals surface area contributed by atoms with Gasteiger partial charge >= 0.3 is 6.09 Å². The minimum atomic E-state index is -0.690. The van der Waals surface area contributed by atoms with Crippen LogP contribution in [0, 0.1) is 5.92 Å². The van der Waals surface area contributed by atoms with Gasteiger partial charge < -0.3 is 9.47 Å². The first-order valence-electron chi connectivity index (χ1n) is 11.0. The van der Waals surface area contributed by atoms with Crippen LogP contribution in [0.5, 0.6) is 5.75 Å². The summed E-state index contributed by atoms with van der Waals surface area (Å²) < 4.78 is 13.4. The summed E-state index contributed by atoms with van der Waals surface area (Å²) in [5.41, 5.74) is -0.955. The van der Waals surface area contributed by atoms with Crippen LogP contribution in [-0.2, 0) is 11.3 Å². The monoisotopic (exact) mass is 484 g/mol. The van der Waals surface area contributed by atoms with E-state index in [0.717, 1.165) is 19.3 Å². The van der Waals surface area contributed by atoms with Gasteiger partial charge in [-0.25, -0.2) is 4.79 Å². The quantitative estimate of drug-likeness (QED) is 0.382. The Hall–Kier alpha value is -1.92. The summed E-state index contributed by atoms with van der Waals surface area (Å²) in [5.74, 6) is 0.912. The fraction of sp³-hybridized carbons (Fsp3) is 0.583. The van der Waals surface area contributed by atoms with Crippen LogP contribution in [0.1, 0.15) is 60.8 Å². The van der Waals surface area contributed by atoms with E-state index in [1.54, 1.807) is 44.5 Å². The topological polar surface area (TPSA) is 60.8 Å². The molecule has 2 rings (SSSR count). The standard InChI is InChI=1S/C24H34Cl2N2O4/c1-8-9-10-11-31-20-16-12-18(25)19(26)13-17(16)22(29)28(14-15(2)3)21(20)27(7)23(30)32-24(4,5)6/h12-13,15H,8-11,14H2,1-7H3. The lowest BCUT2D eigenvalue weighted by atomic mass is 10.1. The highest BCUT2D eigenvalue weighted by Crippen LogP contribution is 2.38. The number of hydrogen-bond donors (Lipinski definition) is 0. The summed E-state index contributed by atoms with van der Waals surface area (Å²) in [6.45, 7) is 12.3. The van der Waals surface area contributed by atoms with Gasteiger partial charge in [0.05, 0.1) is 22.0 Å². The lowest BCUT2D eigenvalue weighted by Gasteiger charge is -2.29. The zero-order chi connectivity index (χ0) is 24.2. The van der Waals surface area contributed by atoms with E-state index in [-0.39, 0.29) is 16.5 Å². The van der Waals surface area contributed by atoms with E-state index >= 15 is 0 Å². The molecule has 0 unspecified atom stereocenters. The number of amides is 1. The van der Waals surface area contributed by atoms with Crippen molar-refractivity contribution in [2.45, 2.75) is 73.0 Å². The van der Waals surface area contributed by atoms with Crippen molar-refractivity contribution in [2.75, 3.05) is 18.6 Å². The van der Waals surface area contributed by atoms with E-state index < -0.39 is 11.7 Å². The molecule has 6 nitrogen and oxygen atoms in total. The average Bonchev–Trinajstić information content (AvgIpc) is 2.67. The Labute approximate surface area is 200 Å². The molecule has 8 heteroatoms. The molecule has 32 heavy (non-hydrogen) atoms. The fourth-order valence-electron chi connectivity index (χ4n) is 3.35. The van der Waals surface area contributed by atoms with Crippen LogP contribution in [0.15, 0.2) is 16.9 Å². The van der Waals surface area contributed by atoms with Crippen molar-refractivity contribution in [1.82, 2.24) is 4.57 Å². The molecular weight excluding hydrogens is 451 g/mol. The molecule has 0 bridgehead atoms. The van der Waals surface area contributed by atoms with Crippen LogP contribution >= 0.6 is 23.2 Å². The molecule has 2 aromatic rings. The molecule has 0 saturated carbocycles. The first-order chi connectivity index (χ1) is 14.9. The van der Waals surface area contributed by atoms with Gasteiger partial charge in [0.15, 0.2) is 11.6 Å². The zero-order valence-electron chi connectivity index (χ0n) is 20.1. The minimum Gasteiger partial charge on any atom is -0.489 e. The van der Waals surface area contributed by atoms with Crippen molar-refractivity contribution in [3.8, 4) is 5.75 Å². The number of hydrogen-bond acceptors (Lipinski definition) is 4. The maximum absolute atomic E-state index is 13.5. The van der Waals surface area contributed by atoms with Gasteiger partial charge in [0.1, 0.15) is 5.60 Å². The van der Waals surface area contributed by atoms with E-state index in [4.69, 9.17) is 32.7 Å². The zero-order valence-corrected chi connectivity index (χ0v) is 21.6. The second kappa shape index (κ2) is 10.8. The highest BCUT2D eigenvalue weighted by Gasteiger charge is 2.28. The summed E-state index contributed by atoms with van der Waals surface area (Å²) in [6.07, 6.45) is 2.32. The molecule has 0 aliphatic heterocycles. The highest BCUT2D eigenvalue weighted by molar-refractivity contribution is 6.42. The van der Waals surface area contributed by atoms with Crippen LogP contribution in [-0.4, -0.2) is 29.9 Å². The van der Waals surface area contributed by atoms with Gasteiger partial charge in [-0.1, -0.05) is 56.8 Å². The summed E-state index contributed by atoms with van der Waals surface area (Å²) in [4.78, 5) is 27.8. The van der Waals surface area contributed by atoms with Gasteiger partial charge in [0.25, 0.3) is 5.56 Å². The van der Waals surface area contributed by atoms with Gasteiger partial charge in [-0.05, 0) is 45.2 Å². The Morgan fingerprint density at radius 3 is 2.25 bits per heavy atom. The Morgan fingerprint density at radius 2 is 1.72 bits per heavy atom. The van der Waals surface area contributed by atoms with E-state index in [2.05, 4.69) is 6.92 Å². The van der Waals surface area contributed by atoms with Crippen LogP contribution in [0.2, 0.25) is 10.0 Å². The second-order valence-corrected chi connectivity index (χ2v) is 10.2. The molecule has 0 N–H and O–H groups in total. The number of carbonyl (C=O) groups excluding carboxylic acids is 1. The maximum atomic E-state index is 13.5. The Morgan fingerprint density at radius 1 is 1.12 bits per heavy atom. The largest absolute Gasteiger partial charge is 0.489 e. The summed E-state index contributed by atoms with van der Waals surface area (Å²) in [5, 5.41) is 1.51. The number of halogens is 2. The number of benzene rings is 1. The Kier molecular flexibility index (Phi) is 8.89. The van der Waals surface area contributed by atoms with Crippen LogP contribution in [0.3, 0.4) is 0 Å². The molecule has 0 atom stereocenters. The maximum Gasteiger partial charge on any atom is 0.415 e. The number of pyridine rings is 1. The van der Waals surface area contributed by atoms with E-state index in [0.29, 0.717) is 40.5 Å². The molecule has 0 aliphatic carbocycles. The Bertz CT molecular complexity index is 1030. The first kappa shape index (κ1) is 26.3. The van der Waals surface area contributed by atoms with Crippen LogP contribution in [0.4, 0.5) is 10.6 Å². The fourth-order valence-corrected chi connectivity index (χ4v) is 3.68. The van der Waals surface area contributed by atoms with Gasteiger partial charge in [-0.3, -0.25) is 14.3 Å². The van der Waals surface area contributed by atoms with Crippen molar-refractivity contribution in [3.05, 3.63) is 32.5 Å². The third-order valence-electron chi connectivity index (χ3n) is 4.77. The number of nitrogens with zero attached hydrogens (tertiary/aromatic N) is 2. The molecule has 0 aliphatic rings. The van der Waals surface area contributed by atoms with Crippen LogP contribution in [0.25, 0.3) is 10.8 Å². The van der Waals surface area contributed by atoms with Gasteiger partial charge in [0.2, 0.25) is 0 Å². The molecule has 1 heterocycles. The first-order valence-corrected chi connectivity index (χ1v) is 11.8. The van der Waals surface area contributed by atoms with Crippen molar-refractivity contribution in [2.24, 2.45) is 5.92 Å². The third-order valence-corrected chi connectivity index (χ3v) is 5.49. The molecular formula is C24H34Cl2N2O4. The average molecular weight is 485 g/mol. The van der Waals surface area contributed by atoms with E-state index in [1.165, 1.54) is 4.90 Å². The number of ether oxygens (including phenoxy) is 2. The van der Waals surface area contributed by atoms with Gasteiger partial charge in [0, 0.05) is 19.0 Å². The minimum absolute atomic E-state index is 0.145. The normalized spacial score (nSPS) is 11.8. The van der Waals surface area contributed by atoms with Crippen molar-refractivity contribution < 1.29 is 14.3 Å². The third kappa shape index (κ3) is 6.32. The summed E-state index contributed by atoms with van der Waals surface area (Å²) in [7, 11) is 1.59. The molecule has 1 amide bonds. The molecule has 1 aromatic carbocycles. The lowest BCUT2D eigenvalue weighted by Crippen LogP contribution is -2.38. The van der Waals surface area contributed by atoms with Crippen molar-refractivity contribution >= 4 is 45.9 Å². The van der Waals surface area contributed by atoms with Crippen LogP contribution < -0.4 is 15.2 Å². The number of unbranched alkanes of at least 4 members (excludes halogenated alkanes) is 2. The van der Waals surface area contributed by atoms with E-state index in [9.17, 15) is 9.59 Å². The van der Waals surface area contributed by atoms with Gasteiger partial charge in [-0.2, -0.15) is 0 Å². The number of carbonyl (C=O) groups is 1. The highest BCUT2D eigenvalue weighted by atomic mass is 35.5. The van der Waals surface area contributed by atoms with Crippen molar-refractivity contribution in [1.29, 1.82) is 0 Å². The van der Waals surface area contributed by atoms with Crippen molar-refractivity contribution in [3.63, 3.8) is 0 Å². The van der Waals surface area contributed by atoms with Gasteiger partial charge in [-0.15, -0.1) is 0 Å². The number of rotatable bonds is 8. The summed E-state index contributed by atoms with van der Waals surface area (Å²) in [6, 6.07) is 3.19. The lowest BCUT2D eigenvalue weighted by molar-refractivity contribution is 0.0585. The molecule has 0 saturated heterocycles. The number of anilines is 1. The predicted octanol–water partition coefficient (Wildman–Crippen LogP) is 6.90. The van der Waals surface area contributed by atoms with E-state index in [1.807, 2.05) is 13.8 Å². The molecule has 0 fully saturated rings. The molecule has 178 valence electrons. The smallest absolute Gasteiger partial charge is 0.415 e. The Balaban J connectivity index is 2.81. The molecule has 0 spiro atoms. The summed E-state index contributed by atoms with van der Waals surface area (Å²) >= 11 is 12.5.